The molecule has 1 aliphatic heterocycles. The first-order valence-corrected chi connectivity index (χ1v) is 5.39. The Morgan fingerprint density at radius 1 is 1.53 bits per heavy atom. The molecule has 0 aromatic carbocycles. The first kappa shape index (κ1) is 10.6. The van der Waals surface area contributed by atoms with Crippen LogP contribution in [0.15, 0.2) is 12.4 Å². The zero-order chi connectivity index (χ0) is 10.7. The zero-order valence-corrected chi connectivity index (χ0v) is 9.42. The molecule has 1 fully saturated rings. The third kappa shape index (κ3) is 2.79. The topological polar surface area (TPSA) is 47.0 Å². The van der Waals surface area contributed by atoms with Crippen LogP contribution in [0, 0.1) is 0 Å². The van der Waals surface area contributed by atoms with Crippen molar-refractivity contribution in [3.8, 4) is 0 Å². The Balaban J connectivity index is 2.06. The predicted octanol–water partition coefficient (Wildman–Crippen LogP) is 2.11. The van der Waals surface area contributed by atoms with Gasteiger partial charge in [-0.3, -0.25) is 0 Å². The molecule has 1 aliphatic rings. The molecular weight excluding hydrogens is 214 g/mol. The minimum atomic E-state index is -0.0457. The first-order chi connectivity index (χ1) is 7.18. The van der Waals surface area contributed by atoms with Crippen molar-refractivity contribution in [2.24, 2.45) is 0 Å². The number of aromatic nitrogens is 2. The highest BCUT2D eigenvalue weighted by Gasteiger charge is 2.27. The first-order valence-electron chi connectivity index (χ1n) is 5.01. The Hall–Kier alpha value is -0.870. The molecule has 4 nitrogen and oxygen atoms in total. The summed E-state index contributed by atoms with van der Waals surface area (Å²) in [5.41, 5.74) is -0.0457. The van der Waals surface area contributed by atoms with Gasteiger partial charge in [-0.2, -0.15) is 0 Å². The fourth-order valence-electron chi connectivity index (χ4n) is 1.74. The summed E-state index contributed by atoms with van der Waals surface area (Å²) in [6.45, 7) is 3.68. The van der Waals surface area contributed by atoms with Crippen LogP contribution >= 0.6 is 11.6 Å². The van der Waals surface area contributed by atoms with Gasteiger partial charge in [0, 0.05) is 12.7 Å². The molecule has 2 rings (SSSR count). The normalized spacial score (nSPS) is 26.3. The van der Waals surface area contributed by atoms with Gasteiger partial charge in [-0.25, -0.2) is 9.97 Å². The fraction of sp³-hybridized carbons (Fsp3) is 0.600. The van der Waals surface area contributed by atoms with Crippen LogP contribution < -0.4 is 5.32 Å². The maximum atomic E-state index is 5.79. The lowest BCUT2D eigenvalue weighted by molar-refractivity contribution is 0.0539. The Morgan fingerprint density at radius 2 is 2.40 bits per heavy atom. The van der Waals surface area contributed by atoms with Gasteiger partial charge < -0.3 is 10.1 Å². The van der Waals surface area contributed by atoms with E-state index in [1.54, 1.807) is 6.07 Å². The molecule has 0 aliphatic carbocycles. The summed E-state index contributed by atoms with van der Waals surface area (Å²) in [6.07, 6.45) is 3.61. The number of anilines is 1. The summed E-state index contributed by atoms with van der Waals surface area (Å²) in [7, 11) is 0. The highest BCUT2D eigenvalue weighted by atomic mass is 35.5. The largest absolute Gasteiger partial charge is 0.379 e. The van der Waals surface area contributed by atoms with Gasteiger partial charge >= 0.3 is 0 Å². The second kappa shape index (κ2) is 4.33. The van der Waals surface area contributed by atoms with Crippen LogP contribution in [0.2, 0.25) is 5.15 Å². The van der Waals surface area contributed by atoms with Crippen LogP contribution in [0.25, 0.3) is 0 Å². The highest BCUT2D eigenvalue weighted by molar-refractivity contribution is 6.29. The van der Waals surface area contributed by atoms with E-state index in [-0.39, 0.29) is 5.54 Å². The average molecular weight is 228 g/mol. The molecular formula is C10H14ClN3O. The predicted molar refractivity (Wildman–Crippen MR) is 59.1 cm³/mol. The molecule has 0 radical (unpaired) electrons. The Kier molecular flexibility index (Phi) is 3.07. The summed E-state index contributed by atoms with van der Waals surface area (Å²) in [6, 6.07) is 1.72. The van der Waals surface area contributed by atoms with Crippen LogP contribution in [0.3, 0.4) is 0 Å². The molecule has 1 atom stereocenters. The molecule has 1 unspecified atom stereocenters. The van der Waals surface area contributed by atoms with Crippen molar-refractivity contribution in [1.29, 1.82) is 0 Å². The van der Waals surface area contributed by atoms with Crippen LogP contribution in [-0.2, 0) is 4.74 Å². The number of hydrogen-bond acceptors (Lipinski definition) is 4. The third-order valence-electron chi connectivity index (χ3n) is 2.50. The van der Waals surface area contributed by atoms with E-state index < -0.39 is 0 Å². The summed E-state index contributed by atoms with van der Waals surface area (Å²) in [5, 5.41) is 3.79. The number of nitrogens with one attached hydrogen (secondary N) is 1. The van der Waals surface area contributed by atoms with E-state index in [9.17, 15) is 0 Å². The number of nitrogens with zero attached hydrogens (tertiary/aromatic N) is 2. The summed E-state index contributed by atoms with van der Waals surface area (Å²) >= 11 is 5.79. The van der Waals surface area contributed by atoms with E-state index >= 15 is 0 Å². The molecule has 1 N–H and O–H groups in total. The highest BCUT2D eigenvalue weighted by Crippen LogP contribution is 2.23. The van der Waals surface area contributed by atoms with Crippen molar-refractivity contribution in [3.63, 3.8) is 0 Å². The monoisotopic (exact) mass is 227 g/mol. The minimum Gasteiger partial charge on any atom is -0.379 e. The van der Waals surface area contributed by atoms with E-state index in [1.165, 1.54) is 6.33 Å². The lowest BCUT2D eigenvalue weighted by atomic mass is 9.95. The number of hydrogen-bond donors (Lipinski definition) is 1. The molecule has 0 saturated carbocycles. The molecule has 1 saturated heterocycles. The van der Waals surface area contributed by atoms with Crippen molar-refractivity contribution in [2.75, 3.05) is 18.5 Å². The maximum absolute atomic E-state index is 5.79. The number of rotatable bonds is 2. The summed E-state index contributed by atoms with van der Waals surface area (Å²) in [5.74, 6) is 0.753. The van der Waals surface area contributed by atoms with Crippen LogP contribution in [0.4, 0.5) is 5.82 Å². The Bertz CT molecular complexity index is 339. The number of halogens is 1. The fourth-order valence-corrected chi connectivity index (χ4v) is 1.89. The molecule has 1 aromatic heterocycles. The van der Waals surface area contributed by atoms with Crippen LogP contribution in [0.1, 0.15) is 19.8 Å². The molecule has 0 bridgehead atoms. The molecule has 82 valence electrons. The van der Waals surface area contributed by atoms with E-state index in [0.29, 0.717) is 11.8 Å². The third-order valence-corrected chi connectivity index (χ3v) is 2.71. The lowest BCUT2D eigenvalue weighted by Crippen LogP contribution is -2.43. The zero-order valence-electron chi connectivity index (χ0n) is 8.66. The molecule has 2 heterocycles. The number of ether oxygens (including phenoxy) is 1. The molecule has 0 amide bonds. The lowest BCUT2D eigenvalue weighted by Gasteiger charge is -2.34. The second-order valence-electron chi connectivity index (χ2n) is 4.07. The average Bonchev–Trinajstić information content (AvgIpc) is 2.18. The molecule has 15 heavy (non-hydrogen) atoms. The van der Waals surface area contributed by atoms with Crippen molar-refractivity contribution in [3.05, 3.63) is 17.5 Å². The van der Waals surface area contributed by atoms with Crippen molar-refractivity contribution in [1.82, 2.24) is 9.97 Å². The second-order valence-corrected chi connectivity index (χ2v) is 4.46. The maximum Gasteiger partial charge on any atom is 0.134 e. The quantitative estimate of drug-likeness (QED) is 0.787. The Morgan fingerprint density at radius 3 is 3.07 bits per heavy atom. The van der Waals surface area contributed by atoms with Gasteiger partial charge in [-0.15, -0.1) is 0 Å². The van der Waals surface area contributed by atoms with Gasteiger partial charge in [-0.1, -0.05) is 11.6 Å². The van der Waals surface area contributed by atoms with Gasteiger partial charge in [0.2, 0.25) is 0 Å². The van der Waals surface area contributed by atoms with Crippen LogP contribution in [-0.4, -0.2) is 28.7 Å². The van der Waals surface area contributed by atoms with Crippen molar-refractivity contribution < 1.29 is 4.74 Å². The van der Waals surface area contributed by atoms with Gasteiger partial charge in [0.05, 0.1) is 12.1 Å². The van der Waals surface area contributed by atoms with Gasteiger partial charge in [0.25, 0.3) is 0 Å². The van der Waals surface area contributed by atoms with Crippen molar-refractivity contribution >= 4 is 17.4 Å². The minimum absolute atomic E-state index is 0.0457. The van der Waals surface area contributed by atoms with E-state index in [4.69, 9.17) is 16.3 Å². The SMILES string of the molecule is CC1(Nc2cc(Cl)ncn2)CCCOC1. The summed E-state index contributed by atoms with van der Waals surface area (Å²) < 4.78 is 5.45. The standard InChI is InChI=1S/C10H14ClN3O/c1-10(3-2-4-15-6-10)14-9-5-8(11)12-7-13-9/h5,7H,2-4,6H2,1H3,(H,12,13,14). The van der Waals surface area contributed by atoms with Gasteiger partial charge in [-0.05, 0) is 19.8 Å². The van der Waals surface area contributed by atoms with E-state index in [0.717, 1.165) is 25.3 Å². The Labute approximate surface area is 94.0 Å². The summed E-state index contributed by atoms with van der Waals surface area (Å²) in [4.78, 5) is 7.96. The van der Waals surface area contributed by atoms with E-state index in [1.807, 2.05) is 0 Å². The van der Waals surface area contributed by atoms with E-state index in [2.05, 4.69) is 22.2 Å². The molecule has 5 heteroatoms. The van der Waals surface area contributed by atoms with Crippen molar-refractivity contribution in [2.45, 2.75) is 25.3 Å². The van der Waals surface area contributed by atoms with Gasteiger partial charge in [0.1, 0.15) is 17.3 Å². The molecule has 1 aromatic rings. The van der Waals surface area contributed by atoms with Crippen LogP contribution in [0.5, 0.6) is 0 Å². The molecule has 0 spiro atoms. The van der Waals surface area contributed by atoms with Gasteiger partial charge in [0.15, 0.2) is 0 Å². The smallest absolute Gasteiger partial charge is 0.134 e.